The van der Waals surface area contributed by atoms with Crippen molar-refractivity contribution in [3.8, 4) is 0 Å². The quantitative estimate of drug-likeness (QED) is 0.910. The maximum absolute atomic E-state index is 13.0. The zero-order valence-corrected chi connectivity index (χ0v) is 11.7. The van der Waals surface area contributed by atoms with E-state index in [-0.39, 0.29) is 11.7 Å². The van der Waals surface area contributed by atoms with Crippen LogP contribution in [0.2, 0.25) is 0 Å². The second-order valence-electron chi connectivity index (χ2n) is 4.62. The lowest BCUT2D eigenvalue weighted by atomic mass is 10.1. The SMILES string of the molecule is CCn1nc(C)cc1C(=O)NCCc1cccc(F)c1. The van der Waals surface area contributed by atoms with Gasteiger partial charge in [-0.05, 0) is 44.0 Å². The number of aromatic nitrogens is 2. The Kier molecular flexibility index (Phi) is 4.50. The first-order valence-electron chi connectivity index (χ1n) is 6.67. The molecule has 4 nitrogen and oxygen atoms in total. The molecule has 0 aliphatic heterocycles. The summed E-state index contributed by atoms with van der Waals surface area (Å²) >= 11 is 0. The molecule has 2 aromatic rings. The number of carbonyl (C=O) groups excluding carboxylic acids is 1. The molecule has 0 spiro atoms. The maximum Gasteiger partial charge on any atom is 0.269 e. The van der Waals surface area contributed by atoms with Gasteiger partial charge in [0.05, 0.1) is 5.69 Å². The minimum absolute atomic E-state index is 0.149. The van der Waals surface area contributed by atoms with Crippen LogP contribution in [0.1, 0.15) is 28.7 Å². The van der Waals surface area contributed by atoms with E-state index in [1.165, 1.54) is 12.1 Å². The van der Waals surface area contributed by atoms with Crippen LogP contribution in [0.4, 0.5) is 4.39 Å². The van der Waals surface area contributed by atoms with Crippen molar-refractivity contribution in [1.82, 2.24) is 15.1 Å². The summed E-state index contributed by atoms with van der Waals surface area (Å²) in [5.74, 6) is -0.405. The summed E-state index contributed by atoms with van der Waals surface area (Å²) in [6, 6.07) is 8.16. The number of nitrogens with zero attached hydrogens (tertiary/aromatic N) is 2. The monoisotopic (exact) mass is 275 g/mol. The number of rotatable bonds is 5. The summed E-state index contributed by atoms with van der Waals surface area (Å²) in [5, 5.41) is 7.07. The van der Waals surface area contributed by atoms with Crippen molar-refractivity contribution in [1.29, 1.82) is 0 Å². The highest BCUT2D eigenvalue weighted by Gasteiger charge is 2.12. The second-order valence-corrected chi connectivity index (χ2v) is 4.62. The van der Waals surface area contributed by atoms with E-state index in [4.69, 9.17) is 0 Å². The highest BCUT2D eigenvalue weighted by molar-refractivity contribution is 5.92. The van der Waals surface area contributed by atoms with E-state index in [1.807, 2.05) is 19.9 Å². The molecule has 0 saturated heterocycles. The van der Waals surface area contributed by atoms with Crippen LogP contribution in [0.5, 0.6) is 0 Å². The largest absolute Gasteiger partial charge is 0.350 e. The Morgan fingerprint density at radius 3 is 2.90 bits per heavy atom. The summed E-state index contributed by atoms with van der Waals surface area (Å²) in [6.07, 6.45) is 0.600. The van der Waals surface area contributed by atoms with Crippen LogP contribution in [0.15, 0.2) is 30.3 Å². The molecule has 20 heavy (non-hydrogen) atoms. The van der Waals surface area contributed by atoms with Gasteiger partial charge in [-0.15, -0.1) is 0 Å². The average molecular weight is 275 g/mol. The van der Waals surface area contributed by atoms with Crippen molar-refractivity contribution in [3.05, 3.63) is 53.1 Å². The van der Waals surface area contributed by atoms with Gasteiger partial charge in [-0.1, -0.05) is 12.1 Å². The standard InChI is InChI=1S/C15H18FN3O/c1-3-19-14(9-11(2)18-19)15(20)17-8-7-12-5-4-6-13(16)10-12/h4-6,9-10H,3,7-8H2,1-2H3,(H,17,20). The average Bonchev–Trinajstić information content (AvgIpc) is 2.80. The maximum atomic E-state index is 13.0. The molecule has 0 unspecified atom stereocenters. The normalized spacial score (nSPS) is 10.6. The van der Waals surface area contributed by atoms with Crippen LogP contribution in [0.25, 0.3) is 0 Å². The number of aryl methyl sites for hydroxylation is 2. The van der Waals surface area contributed by atoms with Gasteiger partial charge in [-0.3, -0.25) is 9.48 Å². The van der Waals surface area contributed by atoms with Crippen LogP contribution in [-0.2, 0) is 13.0 Å². The summed E-state index contributed by atoms with van der Waals surface area (Å²) < 4.78 is 14.7. The first kappa shape index (κ1) is 14.2. The summed E-state index contributed by atoms with van der Waals surface area (Å²) in [5.41, 5.74) is 2.25. The van der Waals surface area contributed by atoms with Crippen molar-refractivity contribution >= 4 is 5.91 Å². The Balaban J connectivity index is 1.92. The molecule has 1 N–H and O–H groups in total. The highest BCUT2D eigenvalue weighted by Crippen LogP contribution is 2.05. The van der Waals surface area contributed by atoms with E-state index in [9.17, 15) is 9.18 Å². The van der Waals surface area contributed by atoms with E-state index in [1.54, 1.807) is 16.8 Å². The minimum Gasteiger partial charge on any atom is -0.350 e. The fraction of sp³-hybridized carbons (Fsp3) is 0.333. The van der Waals surface area contributed by atoms with Crippen molar-refractivity contribution in [2.24, 2.45) is 0 Å². The summed E-state index contributed by atoms with van der Waals surface area (Å²) in [4.78, 5) is 12.0. The van der Waals surface area contributed by atoms with Gasteiger partial charge in [0.15, 0.2) is 0 Å². The Bertz CT molecular complexity index is 607. The minimum atomic E-state index is -0.256. The summed E-state index contributed by atoms with van der Waals surface area (Å²) in [7, 11) is 0. The molecule has 1 aromatic carbocycles. The first-order chi connectivity index (χ1) is 9.60. The third-order valence-electron chi connectivity index (χ3n) is 3.02. The zero-order chi connectivity index (χ0) is 14.5. The third kappa shape index (κ3) is 3.44. The molecule has 5 heteroatoms. The Hall–Kier alpha value is -2.17. The van der Waals surface area contributed by atoms with E-state index >= 15 is 0 Å². The molecular weight excluding hydrogens is 257 g/mol. The third-order valence-corrected chi connectivity index (χ3v) is 3.02. The van der Waals surface area contributed by atoms with Gasteiger partial charge in [-0.2, -0.15) is 5.10 Å². The Morgan fingerprint density at radius 2 is 2.20 bits per heavy atom. The number of carbonyl (C=O) groups is 1. The Morgan fingerprint density at radius 1 is 1.40 bits per heavy atom. The van der Waals surface area contributed by atoms with Crippen LogP contribution in [0, 0.1) is 12.7 Å². The zero-order valence-electron chi connectivity index (χ0n) is 11.7. The van der Waals surface area contributed by atoms with Gasteiger partial charge in [0.25, 0.3) is 5.91 Å². The van der Waals surface area contributed by atoms with Crippen molar-refractivity contribution in [3.63, 3.8) is 0 Å². The highest BCUT2D eigenvalue weighted by atomic mass is 19.1. The molecule has 1 amide bonds. The first-order valence-corrected chi connectivity index (χ1v) is 6.67. The fourth-order valence-electron chi connectivity index (χ4n) is 2.07. The van der Waals surface area contributed by atoms with Crippen LogP contribution >= 0.6 is 0 Å². The van der Waals surface area contributed by atoms with E-state index in [0.29, 0.717) is 25.2 Å². The molecule has 0 aliphatic carbocycles. The summed E-state index contributed by atoms with van der Waals surface area (Å²) in [6.45, 7) is 4.92. The molecule has 0 fully saturated rings. The number of halogens is 1. The predicted molar refractivity (Wildman–Crippen MR) is 75.1 cm³/mol. The lowest BCUT2D eigenvalue weighted by Gasteiger charge is -2.06. The van der Waals surface area contributed by atoms with E-state index in [0.717, 1.165) is 11.3 Å². The molecule has 2 rings (SSSR count). The molecule has 106 valence electrons. The van der Waals surface area contributed by atoms with Gasteiger partial charge in [0, 0.05) is 13.1 Å². The molecular formula is C15H18FN3O. The van der Waals surface area contributed by atoms with Crippen LogP contribution < -0.4 is 5.32 Å². The number of hydrogen-bond acceptors (Lipinski definition) is 2. The molecule has 0 atom stereocenters. The van der Waals surface area contributed by atoms with Gasteiger partial charge in [0.2, 0.25) is 0 Å². The number of amides is 1. The van der Waals surface area contributed by atoms with Crippen molar-refractivity contribution in [2.75, 3.05) is 6.54 Å². The molecule has 0 aliphatic rings. The van der Waals surface area contributed by atoms with E-state index < -0.39 is 0 Å². The van der Waals surface area contributed by atoms with Gasteiger partial charge in [-0.25, -0.2) is 4.39 Å². The smallest absolute Gasteiger partial charge is 0.269 e. The number of hydrogen-bond donors (Lipinski definition) is 1. The topological polar surface area (TPSA) is 46.9 Å². The van der Waals surface area contributed by atoms with E-state index in [2.05, 4.69) is 10.4 Å². The lowest BCUT2D eigenvalue weighted by Crippen LogP contribution is -2.28. The molecule has 0 radical (unpaired) electrons. The van der Waals surface area contributed by atoms with Crippen LogP contribution in [0.3, 0.4) is 0 Å². The number of nitrogens with one attached hydrogen (secondary N) is 1. The molecule has 0 saturated carbocycles. The second kappa shape index (κ2) is 6.32. The lowest BCUT2D eigenvalue weighted by molar-refractivity contribution is 0.0943. The van der Waals surface area contributed by atoms with Gasteiger partial charge < -0.3 is 5.32 Å². The van der Waals surface area contributed by atoms with Gasteiger partial charge >= 0.3 is 0 Å². The predicted octanol–water partition coefficient (Wildman–Crippen LogP) is 2.32. The van der Waals surface area contributed by atoms with Gasteiger partial charge in [0.1, 0.15) is 11.5 Å². The van der Waals surface area contributed by atoms with Crippen molar-refractivity contribution < 1.29 is 9.18 Å². The molecule has 1 heterocycles. The fourth-order valence-corrected chi connectivity index (χ4v) is 2.07. The molecule has 1 aromatic heterocycles. The number of benzene rings is 1. The van der Waals surface area contributed by atoms with Crippen molar-refractivity contribution in [2.45, 2.75) is 26.8 Å². The Labute approximate surface area is 117 Å². The van der Waals surface area contributed by atoms with Crippen LogP contribution in [-0.4, -0.2) is 22.2 Å². The molecule has 0 bridgehead atoms.